The summed E-state index contributed by atoms with van der Waals surface area (Å²) >= 11 is 5.90. The van der Waals surface area contributed by atoms with E-state index in [0.717, 1.165) is 0 Å². The van der Waals surface area contributed by atoms with E-state index in [-0.39, 0.29) is 5.78 Å². The second-order valence-electron chi connectivity index (χ2n) is 3.77. The number of halogens is 1. The summed E-state index contributed by atoms with van der Waals surface area (Å²) in [5.41, 5.74) is 7.07. The molecule has 0 atom stereocenters. The lowest BCUT2D eigenvalue weighted by Gasteiger charge is -2.10. The number of ether oxygens (including phenoxy) is 1. The number of rotatable bonds is 3. The number of nitrogen functional groups attached to an aromatic ring is 1. The quantitative estimate of drug-likeness (QED) is 0.682. The number of ketones is 1. The lowest BCUT2D eigenvalue weighted by atomic mass is 10.0. The highest BCUT2D eigenvalue weighted by molar-refractivity contribution is 6.33. The largest absolute Gasteiger partial charge is 0.496 e. The van der Waals surface area contributed by atoms with Crippen molar-refractivity contribution < 1.29 is 9.53 Å². The normalized spacial score (nSPS) is 10.1. The van der Waals surface area contributed by atoms with E-state index in [1.807, 2.05) is 6.07 Å². The molecule has 0 saturated carbocycles. The molecule has 0 fully saturated rings. The number of anilines is 1. The van der Waals surface area contributed by atoms with Gasteiger partial charge in [-0.15, -0.1) is 0 Å². The van der Waals surface area contributed by atoms with Gasteiger partial charge >= 0.3 is 0 Å². The summed E-state index contributed by atoms with van der Waals surface area (Å²) in [7, 11) is 1.49. The second-order valence-corrected chi connectivity index (χ2v) is 4.18. The van der Waals surface area contributed by atoms with E-state index in [9.17, 15) is 4.79 Å². The maximum atomic E-state index is 12.3. The first-order chi connectivity index (χ1) is 8.63. The van der Waals surface area contributed by atoms with Crippen molar-refractivity contribution in [2.45, 2.75) is 0 Å². The minimum Gasteiger partial charge on any atom is -0.496 e. The van der Waals surface area contributed by atoms with Crippen LogP contribution < -0.4 is 10.5 Å². The average molecular weight is 262 g/mol. The van der Waals surface area contributed by atoms with E-state index < -0.39 is 0 Å². The van der Waals surface area contributed by atoms with Crippen molar-refractivity contribution in [1.82, 2.24) is 0 Å². The van der Waals surface area contributed by atoms with Gasteiger partial charge in [-0.25, -0.2) is 0 Å². The molecule has 0 spiro atoms. The fourth-order valence-corrected chi connectivity index (χ4v) is 1.82. The first-order valence-corrected chi connectivity index (χ1v) is 5.74. The molecule has 0 aliphatic carbocycles. The zero-order valence-electron chi connectivity index (χ0n) is 9.81. The summed E-state index contributed by atoms with van der Waals surface area (Å²) in [4.78, 5) is 12.3. The Morgan fingerprint density at radius 3 is 2.50 bits per heavy atom. The number of benzene rings is 2. The molecule has 0 aromatic heterocycles. The molecule has 0 aliphatic rings. The third-order valence-electron chi connectivity index (χ3n) is 2.60. The number of hydrogen-bond donors (Lipinski definition) is 1. The molecule has 0 saturated heterocycles. The molecule has 0 amide bonds. The monoisotopic (exact) mass is 261 g/mol. The van der Waals surface area contributed by atoms with Gasteiger partial charge in [0.25, 0.3) is 0 Å². The minimum absolute atomic E-state index is 0.143. The van der Waals surface area contributed by atoms with Crippen molar-refractivity contribution in [2.24, 2.45) is 0 Å². The van der Waals surface area contributed by atoms with Crippen LogP contribution in [0.15, 0.2) is 42.5 Å². The van der Waals surface area contributed by atoms with E-state index in [1.165, 1.54) is 13.2 Å². The maximum Gasteiger partial charge on any atom is 0.196 e. The van der Waals surface area contributed by atoms with Gasteiger partial charge < -0.3 is 10.5 Å². The van der Waals surface area contributed by atoms with Crippen LogP contribution in [0.3, 0.4) is 0 Å². The predicted octanol–water partition coefficient (Wildman–Crippen LogP) is 3.16. The molecule has 18 heavy (non-hydrogen) atoms. The Balaban J connectivity index is 2.51. The predicted molar refractivity (Wildman–Crippen MR) is 72.3 cm³/mol. The van der Waals surface area contributed by atoms with Crippen LogP contribution in [0.1, 0.15) is 15.9 Å². The van der Waals surface area contributed by atoms with Crippen LogP contribution in [0.2, 0.25) is 5.02 Å². The molecule has 0 heterocycles. The zero-order chi connectivity index (χ0) is 13.1. The van der Waals surface area contributed by atoms with E-state index in [2.05, 4.69) is 0 Å². The van der Waals surface area contributed by atoms with E-state index in [4.69, 9.17) is 22.1 Å². The first-order valence-electron chi connectivity index (χ1n) is 5.36. The summed E-state index contributed by atoms with van der Waals surface area (Å²) in [6, 6.07) is 12.0. The summed E-state index contributed by atoms with van der Waals surface area (Å²) in [5.74, 6) is 0.277. The highest BCUT2D eigenvalue weighted by atomic mass is 35.5. The van der Waals surface area contributed by atoms with E-state index >= 15 is 0 Å². The highest BCUT2D eigenvalue weighted by Crippen LogP contribution is 2.30. The third kappa shape index (κ3) is 2.31. The van der Waals surface area contributed by atoms with Gasteiger partial charge in [-0.3, -0.25) is 4.79 Å². The first kappa shape index (κ1) is 12.5. The van der Waals surface area contributed by atoms with Gasteiger partial charge in [-0.05, 0) is 6.07 Å². The highest BCUT2D eigenvalue weighted by Gasteiger charge is 2.16. The van der Waals surface area contributed by atoms with Crippen molar-refractivity contribution in [2.75, 3.05) is 12.8 Å². The van der Waals surface area contributed by atoms with Gasteiger partial charge in [0.05, 0.1) is 23.4 Å². The van der Waals surface area contributed by atoms with Crippen LogP contribution in [0.25, 0.3) is 0 Å². The Kier molecular flexibility index (Phi) is 3.53. The number of carbonyl (C=O) groups excluding carboxylic acids is 1. The Morgan fingerprint density at radius 1 is 1.22 bits per heavy atom. The summed E-state index contributed by atoms with van der Waals surface area (Å²) in [6.45, 7) is 0. The second kappa shape index (κ2) is 5.10. The number of hydrogen-bond acceptors (Lipinski definition) is 3. The molecule has 2 rings (SSSR count). The van der Waals surface area contributed by atoms with Crippen LogP contribution in [-0.4, -0.2) is 12.9 Å². The number of methoxy groups -OCH3 is 1. The molecular formula is C14H12ClNO2. The van der Waals surface area contributed by atoms with Crippen LogP contribution in [0.4, 0.5) is 5.69 Å². The number of carbonyl (C=O) groups is 1. The van der Waals surface area contributed by atoms with Gasteiger partial charge in [-0.1, -0.05) is 41.9 Å². The molecule has 0 unspecified atom stereocenters. The third-order valence-corrected chi connectivity index (χ3v) is 2.93. The Bertz CT molecular complexity index is 582. The zero-order valence-corrected chi connectivity index (χ0v) is 10.6. The van der Waals surface area contributed by atoms with Crippen molar-refractivity contribution in [3.63, 3.8) is 0 Å². The minimum atomic E-state index is -0.143. The van der Waals surface area contributed by atoms with Gasteiger partial charge in [0, 0.05) is 11.6 Å². The standard InChI is InChI=1S/C14H12ClNO2/c1-18-13-8-11(15)12(16)7-10(13)14(17)9-5-3-2-4-6-9/h2-8H,16H2,1H3. The topological polar surface area (TPSA) is 52.3 Å². The molecule has 2 aromatic rings. The smallest absolute Gasteiger partial charge is 0.196 e. The molecule has 2 N–H and O–H groups in total. The maximum absolute atomic E-state index is 12.3. The SMILES string of the molecule is COc1cc(Cl)c(N)cc1C(=O)c1ccccc1. The van der Waals surface area contributed by atoms with E-state index in [1.54, 1.807) is 30.3 Å². The van der Waals surface area contributed by atoms with E-state index in [0.29, 0.717) is 27.6 Å². The average Bonchev–Trinajstić information content (AvgIpc) is 2.41. The molecular weight excluding hydrogens is 250 g/mol. The van der Waals surface area contributed by atoms with Crippen molar-refractivity contribution in [3.05, 3.63) is 58.6 Å². The molecule has 92 valence electrons. The molecule has 3 nitrogen and oxygen atoms in total. The molecule has 2 aromatic carbocycles. The molecule has 4 heteroatoms. The molecule has 0 aliphatic heterocycles. The van der Waals surface area contributed by atoms with Crippen LogP contribution >= 0.6 is 11.6 Å². The lowest BCUT2D eigenvalue weighted by molar-refractivity contribution is 0.103. The molecule has 0 bridgehead atoms. The van der Waals surface area contributed by atoms with Crippen molar-refractivity contribution in [1.29, 1.82) is 0 Å². The van der Waals surface area contributed by atoms with Crippen LogP contribution in [0, 0.1) is 0 Å². The van der Waals surface area contributed by atoms with Gasteiger partial charge in [0.2, 0.25) is 0 Å². The van der Waals surface area contributed by atoms with Crippen LogP contribution in [0.5, 0.6) is 5.75 Å². The summed E-state index contributed by atoms with van der Waals surface area (Å²) in [6.07, 6.45) is 0. The fraction of sp³-hybridized carbons (Fsp3) is 0.0714. The van der Waals surface area contributed by atoms with Crippen molar-refractivity contribution in [3.8, 4) is 5.75 Å². The van der Waals surface area contributed by atoms with Gasteiger partial charge in [0.15, 0.2) is 5.78 Å². The molecule has 0 radical (unpaired) electrons. The van der Waals surface area contributed by atoms with Gasteiger partial charge in [0.1, 0.15) is 5.75 Å². The number of nitrogens with two attached hydrogens (primary N) is 1. The summed E-state index contributed by atoms with van der Waals surface area (Å²) in [5, 5.41) is 0.372. The Morgan fingerprint density at radius 2 is 1.89 bits per heavy atom. The van der Waals surface area contributed by atoms with Crippen molar-refractivity contribution >= 4 is 23.1 Å². The van der Waals surface area contributed by atoms with Crippen LogP contribution in [-0.2, 0) is 0 Å². The fourth-order valence-electron chi connectivity index (χ4n) is 1.66. The Labute approximate surface area is 110 Å². The lowest BCUT2D eigenvalue weighted by Crippen LogP contribution is -2.05. The summed E-state index contributed by atoms with van der Waals surface area (Å²) < 4.78 is 5.16. The Hall–Kier alpha value is -2.00. The van der Waals surface area contributed by atoms with Gasteiger partial charge in [-0.2, -0.15) is 0 Å².